The number of aliphatic hydroxyl groups excluding tert-OH is 1. The van der Waals surface area contributed by atoms with Crippen molar-refractivity contribution in [2.45, 2.75) is 76.7 Å². The molecule has 1 saturated carbocycles. The highest BCUT2D eigenvalue weighted by Crippen LogP contribution is 2.43. The maximum Gasteiger partial charge on any atom is 0.126 e. The predicted octanol–water partition coefficient (Wildman–Crippen LogP) is 3.83. The minimum Gasteiger partial charge on any atom is -0.486 e. The van der Waals surface area contributed by atoms with Crippen molar-refractivity contribution in [3.8, 4) is 5.75 Å². The minimum absolute atomic E-state index is 0.00935. The van der Waals surface area contributed by atoms with Gasteiger partial charge in [0.25, 0.3) is 0 Å². The molecular formula is C19H29NO2. The smallest absolute Gasteiger partial charge is 0.126 e. The van der Waals surface area contributed by atoms with Crippen LogP contribution in [0.4, 0.5) is 0 Å². The third-order valence-corrected chi connectivity index (χ3v) is 5.46. The molecule has 1 aromatic carbocycles. The van der Waals surface area contributed by atoms with Gasteiger partial charge >= 0.3 is 0 Å². The molecule has 1 aromatic rings. The van der Waals surface area contributed by atoms with Gasteiger partial charge in [0.2, 0.25) is 0 Å². The van der Waals surface area contributed by atoms with Crippen molar-refractivity contribution >= 4 is 0 Å². The summed E-state index contributed by atoms with van der Waals surface area (Å²) < 4.78 is 6.27. The molecule has 1 heterocycles. The highest BCUT2D eigenvalue weighted by molar-refractivity contribution is 5.42. The van der Waals surface area contributed by atoms with E-state index in [0.29, 0.717) is 6.04 Å². The van der Waals surface area contributed by atoms with Crippen LogP contribution in [-0.4, -0.2) is 34.7 Å². The van der Waals surface area contributed by atoms with E-state index >= 15 is 0 Å². The van der Waals surface area contributed by atoms with E-state index in [4.69, 9.17) is 4.74 Å². The molecule has 0 radical (unpaired) electrons. The summed E-state index contributed by atoms with van der Waals surface area (Å²) in [6.07, 6.45) is 5.92. The molecule has 0 aromatic heterocycles. The number of rotatable bonds is 2. The van der Waals surface area contributed by atoms with Gasteiger partial charge in [-0.3, -0.25) is 4.90 Å². The first kappa shape index (κ1) is 15.8. The lowest BCUT2D eigenvalue weighted by molar-refractivity contribution is -0.0904. The highest BCUT2D eigenvalue weighted by atomic mass is 16.5. The number of likely N-dealkylation sites (N-methyl/N-ethyl adjacent to an activating group) is 1. The average Bonchev–Trinajstić information content (AvgIpc) is 2.48. The number of hydrogen-bond acceptors (Lipinski definition) is 3. The number of aryl methyl sites for hydroxylation is 1. The van der Waals surface area contributed by atoms with E-state index in [1.807, 2.05) is 12.1 Å². The Morgan fingerprint density at radius 1 is 1.18 bits per heavy atom. The molecule has 3 rings (SSSR count). The highest BCUT2D eigenvalue weighted by Gasteiger charge is 2.46. The van der Waals surface area contributed by atoms with E-state index in [0.717, 1.165) is 11.3 Å². The van der Waals surface area contributed by atoms with Gasteiger partial charge in [-0.15, -0.1) is 0 Å². The summed E-state index contributed by atoms with van der Waals surface area (Å²) in [5.74, 6) is 0.830. The monoisotopic (exact) mass is 303 g/mol. The van der Waals surface area contributed by atoms with E-state index in [1.165, 1.54) is 37.7 Å². The van der Waals surface area contributed by atoms with Gasteiger partial charge < -0.3 is 9.84 Å². The van der Waals surface area contributed by atoms with Crippen molar-refractivity contribution in [1.29, 1.82) is 0 Å². The molecular weight excluding hydrogens is 274 g/mol. The van der Waals surface area contributed by atoms with E-state index in [-0.39, 0.29) is 6.04 Å². The summed E-state index contributed by atoms with van der Waals surface area (Å²) in [4.78, 5) is 2.38. The molecule has 0 amide bonds. The van der Waals surface area contributed by atoms with Crippen molar-refractivity contribution in [3.63, 3.8) is 0 Å². The zero-order chi connectivity index (χ0) is 15.9. The standard InChI is InChI=1S/C19H29NO2/c1-13-10-11-16-15(12-13)17(21)18(19(2,3)22-16)20(4)14-8-6-5-7-9-14/h10-12,14,17-18,21H,5-9H2,1-4H3. The van der Waals surface area contributed by atoms with Gasteiger partial charge in [0.1, 0.15) is 17.5 Å². The minimum atomic E-state index is -0.495. The maximum atomic E-state index is 11.1. The van der Waals surface area contributed by atoms with Crippen LogP contribution in [0.2, 0.25) is 0 Å². The first-order valence-corrected chi connectivity index (χ1v) is 8.60. The quantitative estimate of drug-likeness (QED) is 0.901. The van der Waals surface area contributed by atoms with Crippen molar-refractivity contribution in [2.75, 3.05) is 7.05 Å². The van der Waals surface area contributed by atoms with Gasteiger partial charge in [-0.25, -0.2) is 0 Å². The zero-order valence-electron chi connectivity index (χ0n) is 14.3. The molecule has 0 spiro atoms. The van der Waals surface area contributed by atoms with E-state index in [9.17, 15) is 5.11 Å². The molecule has 0 bridgehead atoms. The van der Waals surface area contributed by atoms with Gasteiger partial charge in [-0.05, 0) is 52.8 Å². The van der Waals surface area contributed by atoms with Crippen LogP contribution in [0.3, 0.4) is 0 Å². The molecule has 22 heavy (non-hydrogen) atoms. The summed E-state index contributed by atoms with van der Waals surface area (Å²) in [6, 6.07) is 6.66. The fourth-order valence-corrected chi connectivity index (χ4v) is 4.31. The van der Waals surface area contributed by atoms with Crippen LogP contribution >= 0.6 is 0 Å². The lowest BCUT2D eigenvalue weighted by Crippen LogP contribution is -2.59. The van der Waals surface area contributed by atoms with Gasteiger partial charge in [-0.1, -0.05) is 30.9 Å². The lowest BCUT2D eigenvalue weighted by atomic mass is 9.82. The first-order valence-electron chi connectivity index (χ1n) is 8.60. The average molecular weight is 303 g/mol. The van der Waals surface area contributed by atoms with Crippen LogP contribution in [0.1, 0.15) is 63.2 Å². The van der Waals surface area contributed by atoms with Gasteiger partial charge in [0.05, 0.1) is 6.04 Å². The Labute approximate surface area is 134 Å². The lowest BCUT2D eigenvalue weighted by Gasteiger charge is -2.49. The number of aliphatic hydroxyl groups is 1. The summed E-state index contributed by atoms with van der Waals surface area (Å²) in [5.41, 5.74) is 1.71. The van der Waals surface area contributed by atoms with Crippen molar-refractivity contribution < 1.29 is 9.84 Å². The Hall–Kier alpha value is -1.06. The molecule has 3 heteroatoms. The second-order valence-corrected chi connectivity index (χ2v) is 7.59. The van der Waals surface area contributed by atoms with Gasteiger partial charge in [0.15, 0.2) is 0 Å². The third-order valence-electron chi connectivity index (χ3n) is 5.46. The Morgan fingerprint density at radius 3 is 2.55 bits per heavy atom. The Kier molecular flexibility index (Phi) is 4.21. The normalized spacial score (nSPS) is 28.3. The van der Waals surface area contributed by atoms with Crippen molar-refractivity contribution in [2.24, 2.45) is 0 Å². The molecule has 122 valence electrons. The summed E-state index contributed by atoms with van der Waals surface area (Å²) >= 11 is 0. The van der Waals surface area contributed by atoms with Crippen molar-refractivity contribution in [1.82, 2.24) is 4.90 Å². The number of nitrogens with zero attached hydrogens (tertiary/aromatic N) is 1. The second-order valence-electron chi connectivity index (χ2n) is 7.59. The molecule has 1 fully saturated rings. The van der Waals surface area contributed by atoms with Crippen LogP contribution < -0.4 is 4.74 Å². The van der Waals surface area contributed by atoms with E-state index in [1.54, 1.807) is 0 Å². The second kappa shape index (κ2) is 5.86. The molecule has 2 aliphatic rings. The number of ether oxygens (including phenoxy) is 1. The summed E-state index contributed by atoms with van der Waals surface area (Å²) in [7, 11) is 2.16. The van der Waals surface area contributed by atoms with Crippen molar-refractivity contribution in [3.05, 3.63) is 29.3 Å². The molecule has 1 aliphatic carbocycles. The first-order chi connectivity index (χ1) is 10.4. The molecule has 2 unspecified atom stereocenters. The zero-order valence-corrected chi connectivity index (χ0v) is 14.3. The predicted molar refractivity (Wildman–Crippen MR) is 89.3 cm³/mol. The molecule has 0 saturated heterocycles. The Balaban J connectivity index is 1.92. The Morgan fingerprint density at radius 2 is 1.86 bits per heavy atom. The number of hydrogen-bond donors (Lipinski definition) is 1. The third kappa shape index (κ3) is 2.77. The molecule has 2 atom stereocenters. The van der Waals surface area contributed by atoms with Crippen LogP contribution in [0.5, 0.6) is 5.75 Å². The van der Waals surface area contributed by atoms with Gasteiger partial charge in [-0.2, -0.15) is 0 Å². The molecule has 3 nitrogen and oxygen atoms in total. The van der Waals surface area contributed by atoms with E-state index < -0.39 is 11.7 Å². The fourth-order valence-electron chi connectivity index (χ4n) is 4.31. The topological polar surface area (TPSA) is 32.7 Å². The summed E-state index contributed by atoms with van der Waals surface area (Å²) in [5, 5.41) is 11.1. The van der Waals surface area contributed by atoms with E-state index in [2.05, 4.69) is 38.8 Å². The molecule has 1 aliphatic heterocycles. The summed E-state index contributed by atoms with van der Waals surface area (Å²) in [6.45, 7) is 6.26. The maximum absolute atomic E-state index is 11.1. The number of benzene rings is 1. The number of fused-ring (bicyclic) bond motifs is 1. The van der Waals surface area contributed by atoms with Crippen LogP contribution in [-0.2, 0) is 0 Å². The molecule has 1 N–H and O–H groups in total. The van der Waals surface area contributed by atoms with Crippen LogP contribution in [0, 0.1) is 6.92 Å². The SMILES string of the molecule is Cc1ccc2c(c1)C(O)C(N(C)C1CCCCC1)C(C)(C)O2. The van der Waals surface area contributed by atoms with Gasteiger partial charge in [0, 0.05) is 11.6 Å². The van der Waals surface area contributed by atoms with Crippen LogP contribution in [0.15, 0.2) is 18.2 Å². The Bertz CT molecular complexity index is 534. The van der Waals surface area contributed by atoms with Crippen LogP contribution in [0.25, 0.3) is 0 Å². The fraction of sp³-hybridized carbons (Fsp3) is 0.684. The largest absolute Gasteiger partial charge is 0.486 e.